The third-order valence-corrected chi connectivity index (χ3v) is 5.85. The van der Waals surface area contributed by atoms with Gasteiger partial charge in [-0.3, -0.25) is 0 Å². The Kier molecular flexibility index (Phi) is 5.94. The Bertz CT molecular complexity index is 986. The summed E-state index contributed by atoms with van der Waals surface area (Å²) >= 11 is 0. The molecule has 0 saturated heterocycles. The second kappa shape index (κ2) is 8.95. The van der Waals surface area contributed by atoms with Crippen LogP contribution in [0, 0.1) is 0 Å². The van der Waals surface area contributed by atoms with Gasteiger partial charge in [0, 0.05) is 25.4 Å². The van der Waals surface area contributed by atoms with Gasteiger partial charge in [0.15, 0.2) is 0 Å². The summed E-state index contributed by atoms with van der Waals surface area (Å²) < 4.78 is 5.74. The number of fused-ring (bicyclic) bond motifs is 3. The van der Waals surface area contributed by atoms with Crippen LogP contribution < -0.4 is 0 Å². The van der Waals surface area contributed by atoms with Crippen molar-refractivity contribution in [1.82, 2.24) is 4.90 Å². The van der Waals surface area contributed by atoms with Crippen molar-refractivity contribution in [2.45, 2.75) is 24.8 Å². The van der Waals surface area contributed by atoms with Gasteiger partial charge in [0.25, 0.3) is 0 Å². The standard InChI is InChI=1S/C26H25NO3/c1-27(20(15-16-28)17-19-9-3-2-4-10-19)26(29)30-18-25-23-13-7-5-11-21(23)22-12-6-8-14-24(22)25/h2-14,16,20,25H,15,17-18H2,1H3/t20-/m1/s1. The number of carbonyl (C=O) groups is 2. The zero-order valence-electron chi connectivity index (χ0n) is 17.0. The van der Waals surface area contributed by atoms with Crippen molar-refractivity contribution < 1.29 is 14.3 Å². The van der Waals surface area contributed by atoms with Crippen molar-refractivity contribution >= 4 is 12.4 Å². The summed E-state index contributed by atoms with van der Waals surface area (Å²) in [4.78, 5) is 25.6. The number of rotatable bonds is 7. The molecular formula is C26H25NO3. The fraction of sp³-hybridized carbons (Fsp3) is 0.231. The Hall–Kier alpha value is -3.40. The minimum atomic E-state index is -0.403. The molecule has 0 aromatic heterocycles. The van der Waals surface area contributed by atoms with Crippen LogP contribution in [0.1, 0.15) is 29.0 Å². The summed E-state index contributed by atoms with van der Waals surface area (Å²) in [6, 6.07) is 26.2. The molecule has 0 radical (unpaired) electrons. The number of ether oxygens (including phenoxy) is 1. The second-order valence-electron chi connectivity index (χ2n) is 7.66. The van der Waals surface area contributed by atoms with E-state index in [2.05, 4.69) is 24.3 Å². The van der Waals surface area contributed by atoms with Crippen molar-refractivity contribution in [3.05, 3.63) is 95.6 Å². The Morgan fingerprint density at radius 3 is 2.10 bits per heavy atom. The molecule has 0 unspecified atom stereocenters. The number of nitrogens with zero attached hydrogens (tertiary/aromatic N) is 1. The number of hydrogen-bond acceptors (Lipinski definition) is 3. The van der Waals surface area contributed by atoms with Crippen LogP contribution in [-0.2, 0) is 16.0 Å². The van der Waals surface area contributed by atoms with Gasteiger partial charge in [0.2, 0.25) is 0 Å². The first-order chi connectivity index (χ1) is 14.7. The van der Waals surface area contributed by atoms with Crippen LogP contribution in [-0.4, -0.2) is 37.0 Å². The monoisotopic (exact) mass is 399 g/mol. The molecule has 152 valence electrons. The predicted molar refractivity (Wildman–Crippen MR) is 117 cm³/mol. The molecule has 0 saturated carbocycles. The predicted octanol–water partition coefficient (Wildman–Crippen LogP) is 5.07. The summed E-state index contributed by atoms with van der Waals surface area (Å²) in [6.07, 6.45) is 1.34. The van der Waals surface area contributed by atoms with E-state index >= 15 is 0 Å². The molecule has 0 spiro atoms. The number of likely N-dealkylation sites (N-methyl/N-ethyl adjacent to an activating group) is 1. The topological polar surface area (TPSA) is 46.6 Å². The summed E-state index contributed by atoms with van der Waals surface area (Å²) in [5, 5.41) is 0. The maximum absolute atomic E-state index is 12.8. The average molecular weight is 399 g/mol. The van der Waals surface area contributed by atoms with E-state index in [-0.39, 0.29) is 25.0 Å². The summed E-state index contributed by atoms with van der Waals surface area (Å²) in [5.74, 6) is 0.0217. The molecule has 0 bridgehead atoms. The van der Waals surface area contributed by atoms with Crippen molar-refractivity contribution in [3.63, 3.8) is 0 Å². The normalized spacial score (nSPS) is 13.2. The zero-order valence-corrected chi connectivity index (χ0v) is 17.0. The van der Waals surface area contributed by atoms with Crippen LogP contribution in [0.15, 0.2) is 78.9 Å². The molecule has 30 heavy (non-hydrogen) atoms. The number of amides is 1. The summed E-state index contributed by atoms with van der Waals surface area (Å²) in [6.45, 7) is 0.274. The van der Waals surface area contributed by atoms with E-state index in [0.717, 1.165) is 11.8 Å². The van der Waals surface area contributed by atoms with E-state index in [4.69, 9.17) is 4.74 Å². The van der Waals surface area contributed by atoms with Gasteiger partial charge >= 0.3 is 6.09 Å². The first-order valence-electron chi connectivity index (χ1n) is 10.2. The third-order valence-electron chi connectivity index (χ3n) is 5.85. The van der Waals surface area contributed by atoms with Crippen molar-refractivity contribution in [3.8, 4) is 11.1 Å². The highest BCUT2D eigenvalue weighted by Gasteiger charge is 2.30. The quantitative estimate of drug-likeness (QED) is 0.521. The first-order valence-corrected chi connectivity index (χ1v) is 10.2. The minimum Gasteiger partial charge on any atom is -0.448 e. The lowest BCUT2D eigenvalue weighted by Gasteiger charge is -2.27. The largest absolute Gasteiger partial charge is 0.448 e. The first kappa shape index (κ1) is 19.9. The van der Waals surface area contributed by atoms with Gasteiger partial charge in [-0.05, 0) is 34.2 Å². The second-order valence-corrected chi connectivity index (χ2v) is 7.66. The lowest BCUT2D eigenvalue weighted by atomic mass is 9.98. The average Bonchev–Trinajstić information content (AvgIpc) is 3.11. The highest BCUT2D eigenvalue weighted by molar-refractivity contribution is 5.79. The van der Waals surface area contributed by atoms with E-state index in [0.29, 0.717) is 6.42 Å². The maximum atomic E-state index is 12.8. The third kappa shape index (κ3) is 3.99. The molecule has 0 fully saturated rings. The van der Waals surface area contributed by atoms with Crippen LogP contribution in [0.3, 0.4) is 0 Å². The number of carbonyl (C=O) groups excluding carboxylic acids is 2. The van der Waals surface area contributed by atoms with Crippen molar-refractivity contribution in [2.75, 3.05) is 13.7 Å². The highest BCUT2D eigenvalue weighted by atomic mass is 16.6. The molecule has 0 N–H and O–H groups in total. The van der Waals surface area contributed by atoms with Gasteiger partial charge < -0.3 is 14.4 Å². The van der Waals surface area contributed by atoms with E-state index in [1.807, 2.05) is 54.6 Å². The van der Waals surface area contributed by atoms with Gasteiger partial charge in [-0.15, -0.1) is 0 Å². The van der Waals surface area contributed by atoms with E-state index in [1.165, 1.54) is 22.3 Å². The van der Waals surface area contributed by atoms with Gasteiger partial charge in [0.05, 0.1) is 0 Å². The molecule has 3 aromatic rings. The molecule has 1 amide bonds. The van der Waals surface area contributed by atoms with Gasteiger partial charge in [0.1, 0.15) is 12.9 Å². The molecule has 0 heterocycles. The summed E-state index contributed by atoms with van der Waals surface area (Å²) in [5.41, 5.74) is 5.85. The Balaban J connectivity index is 1.46. The van der Waals surface area contributed by atoms with Crippen LogP contribution in [0.5, 0.6) is 0 Å². The van der Waals surface area contributed by atoms with Gasteiger partial charge in [-0.25, -0.2) is 4.79 Å². The Morgan fingerprint density at radius 1 is 0.933 bits per heavy atom. The molecular weight excluding hydrogens is 374 g/mol. The fourth-order valence-corrected chi connectivity index (χ4v) is 4.22. The highest BCUT2D eigenvalue weighted by Crippen LogP contribution is 2.44. The number of hydrogen-bond donors (Lipinski definition) is 0. The lowest BCUT2D eigenvalue weighted by Crippen LogP contribution is -2.39. The van der Waals surface area contributed by atoms with Crippen LogP contribution >= 0.6 is 0 Å². The zero-order chi connectivity index (χ0) is 20.9. The molecule has 4 heteroatoms. The molecule has 4 nitrogen and oxygen atoms in total. The smallest absolute Gasteiger partial charge is 0.409 e. The number of aldehydes is 1. The maximum Gasteiger partial charge on any atom is 0.409 e. The number of benzene rings is 3. The van der Waals surface area contributed by atoms with Crippen molar-refractivity contribution in [2.24, 2.45) is 0 Å². The molecule has 1 atom stereocenters. The van der Waals surface area contributed by atoms with E-state index in [1.54, 1.807) is 11.9 Å². The van der Waals surface area contributed by atoms with Gasteiger partial charge in [-0.1, -0.05) is 78.9 Å². The Morgan fingerprint density at radius 2 is 1.50 bits per heavy atom. The molecule has 3 aromatic carbocycles. The molecule has 0 aliphatic heterocycles. The van der Waals surface area contributed by atoms with Crippen LogP contribution in [0.4, 0.5) is 4.79 Å². The van der Waals surface area contributed by atoms with Crippen LogP contribution in [0.25, 0.3) is 11.1 Å². The molecule has 1 aliphatic rings. The fourth-order valence-electron chi connectivity index (χ4n) is 4.22. The van der Waals surface area contributed by atoms with Gasteiger partial charge in [-0.2, -0.15) is 0 Å². The Labute approximate surface area is 177 Å². The minimum absolute atomic E-state index is 0.0217. The SMILES string of the molecule is CN(C(=O)OCC1c2ccccc2-c2ccccc21)[C@H](CC=O)Cc1ccccc1. The van der Waals surface area contributed by atoms with Crippen LogP contribution in [0.2, 0.25) is 0 Å². The van der Waals surface area contributed by atoms with E-state index in [9.17, 15) is 9.59 Å². The van der Waals surface area contributed by atoms with E-state index < -0.39 is 6.09 Å². The molecule has 1 aliphatic carbocycles. The molecule has 4 rings (SSSR count). The lowest BCUT2D eigenvalue weighted by molar-refractivity contribution is -0.108. The summed E-state index contributed by atoms with van der Waals surface area (Å²) in [7, 11) is 1.70. The van der Waals surface area contributed by atoms with Crippen molar-refractivity contribution in [1.29, 1.82) is 0 Å².